The molecular formula is C23H27N3O5S2. The molecule has 1 aromatic carbocycles. The SMILES string of the molecule is CCC1(c2ccc(NC(=O)C3CCCN(S(=O)(=O)c4cccs4)C3)cc2)CCC(=O)NC1=O. The number of hydrogen-bond donors (Lipinski definition) is 2. The highest BCUT2D eigenvalue weighted by Crippen LogP contribution is 2.36. The number of anilines is 1. The van der Waals surface area contributed by atoms with Crippen LogP contribution in [0.2, 0.25) is 0 Å². The molecule has 33 heavy (non-hydrogen) atoms. The fraction of sp³-hybridized carbons (Fsp3) is 0.435. The van der Waals surface area contributed by atoms with Gasteiger partial charge in [-0.15, -0.1) is 11.3 Å². The molecule has 2 N–H and O–H groups in total. The van der Waals surface area contributed by atoms with Crippen molar-refractivity contribution in [2.45, 2.75) is 48.7 Å². The van der Waals surface area contributed by atoms with Crippen LogP contribution < -0.4 is 10.6 Å². The lowest BCUT2D eigenvalue weighted by molar-refractivity contribution is -0.138. The Morgan fingerprint density at radius 3 is 2.64 bits per heavy atom. The molecule has 2 unspecified atom stereocenters. The van der Waals surface area contributed by atoms with Crippen LogP contribution in [0, 0.1) is 5.92 Å². The maximum atomic E-state index is 12.9. The molecular weight excluding hydrogens is 462 g/mol. The van der Waals surface area contributed by atoms with Crippen molar-refractivity contribution in [2.24, 2.45) is 5.92 Å². The Morgan fingerprint density at radius 2 is 2.00 bits per heavy atom. The first-order valence-electron chi connectivity index (χ1n) is 11.1. The molecule has 3 heterocycles. The number of imide groups is 1. The van der Waals surface area contributed by atoms with E-state index in [2.05, 4.69) is 10.6 Å². The van der Waals surface area contributed by atoms with Crippen LogP contribution in [0.3, 0.4) is 0 Å². The Morgan fingerprint density at radius 1 is 1.24 bits per heavy atom. The Kier molecular flexibility index (Phi) is 6.69. The number of nitrogens with one attached hydrogen (secondary N) is 2. The minimum atomic E-state index is -3.58. The van der Waals surface area contributed by atoms with Crippen LogP contribution in [-0.2, 0) is 29.8 Å². The highest BCUT2D eigenvalue weighted by atomic mass is 32.2. The van der Waals surface area contributed by atoms with Gasteiger partial charge in [0.2, 0.25) is 17.7 Å². The molecule has 2 fully saturated rings. The number of thiophene rings is 1. The molecule has 0 saturated carbocycles. The molecule has 0 aliphatic carbocycles. The number of amides is 3. The fourth-order valence-electron chi connectivity index (χ4n) is 4.60. The lowest BCUT2D eigenvalue weighted by Gasteiger charge is -2.35. The molecule has 4 rings (SSSR count). The molecule has 2 aliphatic heterocycles. The molecule has 2 aromatic rings. The average molecular weight is 490 g/mol. The summed E-state index contributed by atoms with van der Waals surface area (Å²) in [5, 5.41) is 7.04. The number of carbonyl (C=O) groups is 3. The van der Waals surface area contributed by atoms with Gasteiger partial charge in [-0.25, -0.2) is 8.42 Å². The standard InChI is InChI=1S/C23H27N3O5S2/c1-2-23(12-11-19(27)25-22(23)29)17-7-9-18(10-8-17)24-21(28)16-5-3-13-26(15-16)33(30,31)20-6-4-14-32-20/h4,6-10,14,16H,2-3,5,11-13,15H2,1H3,(H,24,28)(H,25,27,29). The van der Waals surface area contributed by atoms with Crippen molar-refractivity contribution in [3.8, 4) is 0 Å². The molecule has 8 nitrogen and oxygen atoms in total. The van der Waals surface area contributed by atoms with E-state index in [1.54, 1.807) is 29.6 Å². The summed E-state index contributed by atoms with van der Waals surface area (Å²) in [4.78, 5) is 37.0. The van der Waals surface area contributed by atoms with Gasteiger partial charge in [0.15, 0.2) is 0 Å². The minimum Gasteiger partial charge on any atom is -0.326 e. The Labute approximate surface area is 197 Å². The monoisotopic (exact) mass is 489 g/mol. The highest BCUT2D eigenvalue weighted by Gasteiger charge is 2.42. The van der Waals surface area contributed by atoms with Crippen LogP contribution >= 0.6 is 11.3 Å². The molecule has 0 radical (unpaired) electrons. The summed E-state index contributed by atoms with van der Waals surface area (Å²) in [6, 6.07) is 10.4. The number of benzene rings is 1. The number of hydrogen-bond acceptors (Lipinski definition) is 6. The van der Waals surface area contributed by atoms with Crippen LogP contribution in [-0.4, -0.2) is 43.5 Å². The van der Waals surface area contributed by atoms with Gasteiger partial charge in [-0.1, -0.05) is 25.1 Å². The summed E-state index contributed by atoms with van der Waals surface area (Å²) in [7, 11) is -3.58. The zero-order chi connectivity index (χ0) is 23.6. The van der Waals surface area contributed by atoms with Crippen molar-refractivity contribution >= 4 is 44.8 Å². The van der Waals surface area contributed by atoms with Crippen LogP contribution in [0.5, 0.6) is 0 Å². The maximum absolute atomic E-state index is 12.9. The smallest absolute Gasteiger partial charge is 0.252 e. The Balaban J connectivity index is 1.43. The third-order valence-corrected chi connectivity index (χ3v) is 9.86. The number of rotatable bonds is 6. The molecule has 2 saturated heterocycles. The quantitative estimate of drug-likeness (QED) is 0.606. The van der Waals surface area contributed by atoms with Gasteiger partial charge in [0.05, 0.1) is 11.3 Å². The largest absolute Gasteiger partial charge is 0.326 e. The lowest BCUT2D eigenvalue weighted by Crippen LogP contribution is -2.51. The second-order valence-corrected chi connectivity index (χ2v) is 11.6. The van der Waals surface area contributed by atoms with E-state index in [1.165, 1.54) is 15.6 Å². The van der Waals surface area contributed by atoms with Gasteiger partial charge in [-0.3, -0.25) is 19.7 Å². The van der Waals surface area contributed by atoms with Crippen molar-refractivity contribution in [3.05, 3.63) is 47.3 Å². The van der Waals surface area contributed by atoms with Crippen molar-refractivity contribution < 1.29 is 22.8 Å². The molecule has 176 valence electrons. The number of nitrogens with zero attached hydrogens (tertiary/aromatic N) is 1. The van der Waals surface area contributed by atoms with Gasteiger partial charge in [-0.05, 0) is 54.8 Å². The fourth-order valence-corrected chi connectivity index (χ4v) is 7.26. The van der Waals surface area contributed by atoms with E-state index < -0.39 is 21.4 Å². The number of piperidine rings is 2. The first-order valence-corrected chi connectivity index (χ1v) is 13.4. The third-order valence-electron chi connectivity index (χ3n) is 6.62. The van der Waals surface area contributed by atoms with Gasteiger partial charge in [-0.2, -0.15) is 4.31 Å². The van der Waals surface area contributed by atoms with Crippen LogP contribution in [0.25, 0.3) is 0 Å². The Bertz CT molecular complexity index is 1150. The van der Waals surface area contributed by atoms with Crippen molar-refractivity contribution in [3.63, 3.8) is 0 Å². The van der Waals surface area contributed by atoms with E-state index in [9.17, 15) is 22.8 Å². The van der Waals surface area contributed by atoms with E-state index in [4.69, 9.17) is 0 Å². The first kappa shape index (κ1) is 23.6. The molecule has 2 aliphatic rings. The predicted molar refractivity (Wildman–Crippen MR) is 125 cm³/mol. The van der Waals surface area contributed by atoms with Gasteiger partial charge >= 0.3 is 0 Å². The minimum absolute atomic E-state index is 0.150. The van der Waals surface area contributed by atoms with Gasteiger partial charge in [0.25, 0.3) is 10.0 Å². The van der Waals surface area contributed by atoms with E-state index in [-0.39, 0.29) is 28.5 Å². The van der Waals surface area contributed by atoms with Crippen molar-refractivity contribution in [1.82, 2.24) is 9.62 Å². The lowest BCUT2D eigenvalue weighted by atomic mass is 9.72. The molecule has 10 heteroatoms. The second-order valence-electron chi connectivity index (χ2n) is 8.51. The van der Waals surface area contributed by atoms with E-state index >= 15 is 0 Å². The van der Waals surface area contributed by atoms with Gasteiger partial charge < -0.3 is 5.32 Å². The second kappa shape index (κ2) is 9.36. The number of carbonyl (C=O) groups excluding carboxylic acids is 3. The van der Waals surface area contributed by atoms with Crippen LogP contribution in [0.15, 0.2) is 46.0 Å². The summed E-state index contributed by atoms with van der Waals surface area (Å²) < 4.78 is 27.3. The maximum Gasteiger partial charge on any atom is 0.252 e. The topological polar surface area (TPSA) is 113 Å². The predicted octanol–water partition coefficient (Wildman–Crippen LogP) is 2.87. The van der Waals surface area contributed by atoms with Gasteiger partial charge in [0.1, 0.15) is 4.21 Å². The van der Waals surface area contributed by atoms with Crippen molar-refractivity contribution in [2.75, 3.05) is 18.4 Å². The summed E-state index contributed by atoms with van der Waals surface area (Å²) in [6.45, 7) is 2.48. The zero-order valence-electron chi connectivity index (χ0n) is 18.4. The number of sulfonamides is 1. The highest BCUT2D eigenvalue weighted by molar-refractivity contribution is 7.91. The summed E-state index contributed by atoms with van der Waals surface area (Å²) >= 11 is 1.17. The normalized spacial score (nSPS) is 24.3. The Hall–Kier alpha value is -2.56. The van der Waals surface area contributed by atoms with Crippen molar-refractivity contribution in [1.29, 1.82) is 0 Å². The van der Waals surface area contributed by atoms with E-state index in [0.717, 1.165) is 5.56 Å². The van der Waals surface area contributed by atoms with Crippen LogP contribution in [0.1, 0.15) is 44.6 Å². The molecule has 3 amide bonds. The van der Waals surface area contributed by atoms with E-state index in [0.29, 0.717) is 44.3 Å². The van der Waals surface area contributed by atoms with Gasteiger partial charge in [0, 0.05) is 25.2 Å². The molecule has 2 atom stereocenters. The molecule has 0 bridgehead atoms. The molecule has 1 aromatic heterocycles. The summed E-state index contributed by atoms with van der Waals surface area (Å²) in [6.07, 6.45) is 2.55. The molecule has 0 spiro atoms. The zero-order valence-corrected chi connectivity index (χ0v) is 20.0. The summed E-state index contributed by atoms with van der Waals surface area (Å²) in [5.74, 6) is -1.20. The van der Waals surface area contributed by atoms with E-state index in [1.807, 2.05) is 19.1 Å². The average Bonchev–Trinajstić information content (AvgIpc) is 3.36. The summed E-state index contributed by atoms with van der Waals surface area (Å²) in [5.41, 5.74) is 0.635. The first-order chi connectivity index (χ1) is 15.8. The van der Waals surface area contributed by atoms with Crippen LogP contribution in [0.4, 0.5) is 5.69 Å². The third kappa shape index (κ3) is 4.60.